The third kappa shape index (κ3) is 4.97. The van der Waals surface area contributed by atoms with Gasteiger partial charge in [0.1, 0.15) is 11.5 Å². The van der Waals surface area contributed by atoms with Gasteiger partial charge in [0.2, 0.25) is 0 Å². The van der Waals surface area contributed by atoms with E-state index < -0.39 is 0 Å². The number of rotatable bonds is 9. The molecule has 1 aliphatic rings. The Bertz CT molecular complexity index is 1310. The lowest BCUT2D eigenvalue weighted by Gasteiger charge is -2.30. The highest BCUT2D eigenvalue weighted by molar-refractivity contribution is 6.00. The van der Waals surface area contributed by atoms with Crippen LogP contribution in [0.3, 0.4) is 0 Å². The molecule has 2 aromatic carbocycles. The van der Waals surface area contributed by atoms with Gasteiger partial charge in [-0.15, -0.1) is 0 Å². The number of aromatic nitrogens is 4. The van der Waals surface area contributed by atoms with E-state index in [1.807, 2.05) is 55.6 Å². The average molecular weight is 475 g/mol. The van der Waals surface area contributed by atoms with E-state index in [0.717, 1.165) is 48.2 Å². The molecule has 0 amide bonds. The van der Waals surface area contributed by atoms with Crippen LogP contribution in [-0.4, -0.2) is 68.3 Å². The molecule has 182 valence electrons. The zero-order valence-corrected chi connectivity index (χ0v) is 19.8. The van der Waals surface area contributed by atoms with Gasteiger partial charge in [-0.05, 0) is 63.2 Å². The highest BCUT2D eigenvalue weighted by Gasteiger charge is 2.26. The minimum atomic E-state index is 0.0208. The number of ketones is 1. The fourth-order valence-electron chi connectivity index (χ4n) is 4.55. The Labute approximate surface area is 203 Å². The summed E-state index contributed by atoms with van der Waals surface area (Å²) in [4.78, 5) is 29.0. The normalized spacial score (nSPS) is 15.0. The Balaban J connectivity index is 1.34. The summed E-state index contributed by atoms with van der Waals surface area (Å²) in [6.07, 6.45) is 5.30. The largest absolute Gasteiger partial charge is 0.406 e. The van der Waals surface area contributed by atoms with Gasteiger partial charge in [0.05, 0.1) is 29.4 Å². The number of H-pyrrole nitrogens is 1. The quantitative estimate of drug-likeness (QED) is 0.253. The highest BCUT2D eigenvalue weighted by Crippen LogP contribution is 2.27. The number of benzene rings is 2. The maximum atomic E-state index is 13.1. The number of likely N-dealkylation sites (tertiary alicyclic amines) is 1. The summed E-state index contributed by atoms with van der Waals surface area (Å²) in [6.45, 7) is 5.18. The van der Waals surface area contributed by atoms with Gasteiger partial charge in [0, 0.05) is 30.8 Å². The topological polar surface area (TPSA) is 108 Å². The van der Waals surface area contributed by atoms with Gasteiger partial charge in [-0.25, -0.2) is 9.67 Å². The Kier molecular flexibility index (Phi) is 6.89. The summed E-state index contributed by atoms with van der Waals surface area (Å²) < 4.78 is 1.76. The Morgan fingerprint density at radius 3 is 2.86 bits per heavy atom. The third-order valence-electron chi connectivity index (χ3n) is 6.44. The number of β-amino-alcohol motifs (C(OH)–C–C–N with tert-alkyl or cyclic N) is 1. The molecule has 3 N–H and O–H groups in total. The molecule has 4 aromatic rings. The van der Waals surface area contributed by atoms with E-state index in [1.54, 1.807) is 10.9 Å². The summed E-state index contributed by atoms with van der Waals surface area (Å²) >= 11 is 0. The average Bonchev–Trinajstić information content (AvgIpc) is 3.55. The molecule has 0 bridgehead atoms. The number of aliphatic hydroxyl groups excluding tert-OH is 1. The molecular weight excluding hydrogens is 444 g/mol. The first-order chi connectivity index (χ1) is 17.2. The van der Waals surface area contributed by atoms with Crippen LogP contribution in [0.2, 0.25) is 0 Å². The lowest BCUT2D eigenvalue weighted by molar-refractivity contribution is 0.0823. The molecule has 0 atom stereocenters. The number of carbonyl (C=O) groups is 1. The number of Topliss-reactive ketones (excluding diaryl/α,β-unsaturated/α-hetero) is 1. The van der Waals surface area contributed by atoms with E-state index in [4.69, 9.17) is 14.9 Å². The second-order valence-electron chi connectivity index (χ2n) is 8.76. The van der Waals surface area contributed by atoms with Crippen molar-refractivity contribution in [1.29, 1.82) is 0 Å². The SMILES string of the molecule is CCNOc1ccccc1-n1cc(-c2nc3ccc(C(=O)C4CCN(CCO)CC4)cc3[nH]2)cn1. The van der Waals surface area contributed by atoms with Crippen LogP contribution in [0.4, 0.5) is 0 Å². The van der Waals surface area contributed by atoms with E-state index in [-0.39, 0.29) is 18.3 Å². The number of aromatic amines is 1. The molecule has 1 saturated heterocycles. The summed E-state index contributed by atoms with van der Waals surface area (Å²) in [5, 5.41) is 13.6. The fourth-order valence-corrected chi connectivity index (χ4v) is 4.55. The van der Waals surface area contributed by atoms with Gasteiger partial charge >= 0.3 is 0 Å². The number of hydrogen-bond acceptors (Lipinski definition) is 7. The number of nitrogens with zero attached hydrogens (tertiary/aromatic N) is 4. The van der Waals surface area contributed by atoms with Crippen molar-refractivity contribution >= 4 is 16.8 Å². The molecule has 0 aliphatic carbocycles. The molecule has 3 heterocycles. The Morgan fingerprint density at radius 2 is 2.06 bits per heavy atom. The first-order valence-electron chi connectivity index (χ1n) is 12.1. The number of carbonyl (C=O) groups excluding carboxylic acids is 1. The van der Waals surface area contributed by atoms with E-state index in [0.29, 0.717) is 30.2 Å². The van der Waals surface area contributed by atoms with Gasteiger partial charge in [0.25, 0.3) is 0 Å². The molecule has 0 spiro atoms. The number of piperidine rings is 1. The summed E-state index contributed by atoms with van der Waals surface area (Å²) in [6, 6.07) is 13.3. The maximum Gasteiger partial charge on any atom is 0.172 e. The van der Waals surface area contributed by atoms with Crippen LogP contribution in [0.5, 0.6) is 5.75 Å². The second-order valence-corrected chi connectivity index (χ2v) is 8.76. The Morgan fingerprint density at radius 1 is 1.23 bits per heavy atom. The van der Waals surface area contributed by atoms with E-state index in [2.05, 4.69) is 20.5 Å². The molecule has 2 aromatic heterocycles. The lowest BCUT2D eigenvalue weighted by atomic mass is 9.89. The van der Waals surface area contributed by atoms with Crippen molar-refractivity contribution in [3.8, 4) is 22.8 Å². The molecule has 1 aliphatic heterocycles. The first-order valence-corrected chi connectivity index (χ1v) is 12.1. The van der Waals surface area contributed by atoms with Crippen LogP contribution in [0.15, 0.2) is 54.9 Å². The monoisotopic (exact) mass is 474 g/mol. The second kappa shape index (κ2) is 10.4. The van der Waals surface area contributed by atoms with E-state index >= 15 is 0 Å². The predicted molar refractivity (Wildman–Crippen MR) is 134 cm³/mol. The zero-order chi connectivity index (χ0) is 24.2. The number of nitrogens with one attached hydrogen (secondary N) is 2. The van der Waals surface area contributed by atoms with Crippen LogP contribution >= 0.6 is 0 Å². The van der Waals surface area contributed by atoms with Crippen molar-refractivity contribution in [2.45, 2.75) is 19.8 Å². The van der Waals surface area contributed by atoms with Gasteiger partial charge < -0.3 is 19.8 Å². The van der Waals surface area contributed by atoms with Crippen molar-refractivity contribution < 1.29 is 14.7 Å². The number of aliphatic hydroxyl groups is 1. The van der Waals surface area contributed by atoms with E-state index in [1.165, 1.54) is 0 Å². The molecule has 0 radical (unpaired) electrons. The third-order valence-corrected chi connectivity index (χ3v) is 6.44. The molecule has 1 fully saturated rings. The molecule has 0 saturated carbocycles. The molecule has 9 nitrogen and oxygen atoms in total. The van der Waals surface area contributed by atoms with Crippen molar-refractivity contribution in [2.75, 3.05) is 32.8 Å². The van der Waals surface area contributed by atoms with Gasteiger partial charge in [0.15, 0.2) is 11.5 Å². The standard InChI is InChI=1S/C26H30N6O3/c1-2-28-35-24-6-4-3-5-23(24)32-17-20(16-27-32)26-29-21-8-7-19(15-22(21)30-26)25(34)18-9-11-31(12-10-18)13-14-33/h3-8,15-18,28,33H,2,9-14H2,1H3,(H,29,30). The molecule has 5 rings (SSSR count). The van der Waals surface area contributed by atoms with Crippen LogP contribution in [0, 0.1) is 5.92 Å². The van der Waals surface area contributed by atoms with E-state index in [9.17, 15) is 4.79 Å². The smallest absolute Gasteiger partial charge is 0.172 e. The highest BCUT2D eigenvalue weighted by atomic mass is 16.6. The number of imidazole rings is 1. The lowest BCUT2D eigenvalue weighted by Crippen LogP contribution is -2.37. The summed E-state index contributed by atoms with van der Waals surface area (Å²) in [5.74, 6) is 1.57. The van der Waals surface area contributed by atoms with Crippen molar-refractivity contribution in [3.63, 3.8) is 0 Å². The number of hydrogen-bond donors (Lipinski definition) is 3. The zero-order valence-electron chi connectivity index (χ0n) is 19.8. The first kappa shape index (κ1) is 23.2. The number of fused-ring (bicyclic) bond motifs is 1. The number of para-hydroxylation sites is 2. The van der Waals surface area contributed by atoms with Crippen molar-refractivity contribution in [3.05, 3.63) is 60.4 Å². The van der Waals surface area contributed by atoms with Gasteiger partial charge in [-0.1, -0.05) is 12.1 Å². The molecule has 0 unspecified atom stereocenters. The Hall–Kier alpha value is -3.53. The van der Waals surface area contributed by atoms with Crippen molar-refractivity contribution in [1.82, 2.24) is 30.1 Å². The van der Waals surface area contributed by atoms with Crippen LogP contribution in [-0.2, 0) is 0 Å². The van der Waals surface area contributed by atoms with Crippen LogP contribution < -0.4 is 10.3 Å². The maximum absolute atomic E-state index is 13.1. The minimum absolute atomic E-state index is 0.0208. The van der Waals surface area contributed by atoms with Crippen molar-refractivity contribution in [2.24, 2.45) is 5.92 Å². The molecule has 9 heteroatoms. The van der Waals surface area contributed by atoms with Gasteiger partial charge in [-0.2, -0.15) is 10.6 Å². The predicted octanol–water partition coefficient (Wildman–Crippen LogP) is 3.21. The van der Waals surface area contributed by atoms with Crippen LogP contribution in [0.25, 0.3) is 28.1 Å². The van der Waals surface area contributed by atoms with Crippen LogP contribution in [0.1, 0.15) is 30.1 Å². The molecular formula is C26H30N6O3. The fraction of sp³-hybridized carbons (Fsp3) is 0.346. The number of hydroxylamine groups is 1. The summed E-state index contributed by atoms with van der Waals surface area (Å²) in [7, 11) is 0. The summed E-state index contributed by atoms with van der Waals surface area (Å²) in [5.41, 5.74) is 6.86. The molecule has 35 heavy (non-hydrogen) atoms. The van der Waals surface area contributed by atoms with Gasteiger partial charge in [-0.3, -0.25) is 4.79 Å². The minimum Gasteiger partial charge on any atom is -0.406 e.